The van der Waals surface area contributed by atoms with E-state index in [1.165, 1.54) is 0 Å². The number of aliphatic carboxylic acids is 4. The van der Waals surface area contributed by atoms with Crippen molar-refractivity contribution in [3.05, 3.63) is 0 Å². The fraction of sp³-hybridized carbons (Fsp3) is 0.600. The summed E-state index contributed by atoms with van der Waals surface area (Å²) in [6.07, 6.45) is -1.73. The third-order valence-corrected chi connectivity index (χ3v) is 2.31. The van der Waals surface area contributed by atoms with Crippen LogP contribution in [0.1, 0.15) is 12.8 Å². The molecule has 0 aromatic carbocycles. The Hall–Kier alpha value is 1.80. The van der Waals surface area contributed by atoms with Crippen LogP contribution in [0.3, 0.4) is 0 Å². The van der Waals surface area contributed by atoms with Crippen molar-refractivity contribution in [3.63, 3.8) is 0 Å². The average molecular weight is 380 g/mol. The molecule has 0 aromatic heterocycles. The molecule has 0 saturated heterocycles. The number of hydrogen-bond acceptors (Lipinski definition) is 10. The summed E-state index contributed by atoms with van der Waals surface area (Å²) in [6, 6.07) is 0. The summed E-state index contributed by atoms with van der Waals surface area (Å²) in [5.74, 6) is -6.38. The van der Waals surface area contributed by atoms with Gasteiger partial charge in [0.15, 0.2) is 0 Å². The summed E-state index contributed by atoms with van der Waals surface area (Å²) >= 11 is 0. The van der Waals surface area contributed by atoms with Crippen LogP contribution in [0, 0.1) is 0 Å². The van der Waals surface area contributed by atoms with Crippen LogP contribution in [0.5, 0.6) is 0 Å². The van der Waals surface area contributed by atoms with Crippen LogP contribution in [0.25, 0.3) is 0 Å². The molecule has 0 rings (SSSR count). The van der Waals surface area contributed by atoms with E-state index in [0.717, 1.165) is 0 Å². The van der Waals surface area contributed by atoms with Gasteiger partial charge < -0.3 is 50.2 Å². The number of carbonyl (C=O) groups is 4. The maximum Gasteiger partial charge on any atom is 1.00 e. The first-order valence-corrected chi connectivity index (χ1v) is 5.42. The Kier molecular flexibility index (Phi) is 29.9. The van der Waals surface area contributed by atoms with E-state index in [1.54, 1.807) is 0 Å². The topological polar surface area (TPSA) is 185 Å². The molecule has 2 N–H and O–H groups in total. The molecule has 10 nitrogen and oxygen atoms in total. The third kappa shape index (κ3) is 20.1. The standard InChI is InChI=1S/C10H16N2O8.4Na/c13-6(14)1-10(2-7(15)16,12-4-9(19)20)5-11-3-8(17)18;;;;/h11-12H,1-5H2,(H,13,14)(H,15,16)(H,17,18)(H,19,20);;;;/q;4*+1/p-4. The van der Waals surface area contributed by atoms with Crippen molar-refractivity contribution in [2.24, 2.45) is 0 Å². The predicted molar refractivity (Wildman–Crippen MR) is 52.9 cm³/mol. The number of carbonyl (C=O) groups excluding carboxylic acids is 4. The van der Waals surface area contributed by atoms with Crippen LogP contribution in [-0.4, -0.2) is 49.1 Å². The Labute approximate surface area is 227 Å². The van der Waals surface area contributed by atoms with Crippen molar-refractivity contribution in [2.45, 2.75) is 18.4 Å². The van der Waals surface area contributed by atoms with E-state index in [4.69, 9.17) is 0 Å². The minimum Gasteiger partial charge on any atom is -0.550 e. The summed E-state index contributed by atoms with van der Waals surface area (Å²) < 4.78 is 0. The Balaban J connectivity index is -0.000000301. The molecule has 0 atom stereocenters. The van der Waals surface area contributed by atoms with Gasteiger partial charge in [0.25, 0.3) is 0 Å². The number of carboxylic acids is 4. The van der Waals surface area contributed by atoms with Crippen molar-refractivity contribution < 1.29 is 158 Å². The largest absolute Gasteiger partial charge is 1.00 e. The normalized spacial score (nSPS) is 9.17. The zero-order valence-corrected chi connectivity index (χ0v) is 22.3. The summed E-state index contributed by atoms with van der Waals surface area (Å²) in [6.45, 7) is -1.96. The fourth-order valence-corrected chi connectivity index (χ4v) is 1.59. The second-order valence-electron chi connectivity index (χ2n) is 4.08. The van der Waals surface area contributed by atoms with Gasteiger partial charge in [-0.05, 0) is 0 Å². The molecular formula is C10H12N2Na4O8. The zero-order valence-electron chi connectivity index (χ0n) is 14.3. The first-order valence-electron chi connectivity index (χ1n) is 5.42. The summed E-state index contributed by atoms with van der Waals surface area (Å²) in [7, 11) is 0. The summed E-state index contributed by atoms with van der Waals surface area (Å²) in [4.78, 5) is 41.9. The molecule has 0 heterocycles. The van der Waals surface area contributed by atoms with Gasteiger partial charge in [-0.3, -0.25) is 0 Å². The molecule has 0 bridgehead atoms. The molecule has 0 unspecified atom stereocenters. The van der Waals surface area contributed by atoms with Gasteiger partial charge in [0, 0.05) is 50.0 Å². The predicted octanol–water partition coefficient (Wildman–Crippen LogP) is -19.3. The average Bonchev–Trinajstić information content (AvgIpc) is 2.24. The van der Waals surface area contributed by atoms with Crippen LogP contribution < -0.4 is 149 Å². The molecule has 0 aromatic rings. The van der Waals surface area contributed by atoms with Crippen molar-refractivity contribution in [2.75, 3.05) is 19.6 Å². The number of hydrogen-bond donors (Lipinski definition) is 2. The monoisotopic (exact) mass is 380 g/mol. The molecule has 114 valence electrons. The second-order valence-corrected chi connectivity index (χ2v) is 4.08. The first-order chi connectivity index (χ1) is 9.17. The molecule has 0 aliphatic rings. The molecule has 0 radical (unpaired) electrons. The molecule has 0 amide bonds. The van der Waals surface area contributed by atoms with E-state index >= 15 is 0 Å². The minimum absolute atomic E-state index is 0. The number of nitrogens with one attached hydrogen (secondary N) is 2. The van der Waals surface area contributed by atoms with Gasteiger partial charge in [0.05, 0.1) is 11.9 Å². The van der Waals surface area contributed by atoms with Gasteiger partial charge in [-0.15, -0.1) is 0 Å². The van der Waals surface area contributed by atoms with Crippen LogP contribution in [0.15, 0.2) is 0 Å². The Morgan fingerprint density at radius 2 is 1.04 bits per heavy atom. The second kappa shape index (κ2) is 19.6. The summed E-state index contributed by atoms with van der Waals surface area (Å²) in [5.41, 5.74) is -1.78. The Morgan fingerprint density at radius 1 is 0.667 bits per heavy atom. The summed E-state index contributed by atoms with van der Waals surface area (Å²) in [5, 5.41) is 46.4. The van der Waals surface area contributed by atoms with Gasteiger partial charge in [-0.2, -0.15) is 0 Å². The van der Waals surface area contributed by atoms with Crippen LogP contribution >= 0.6 is 0 Å². The molecule has 0 spiro atoms. The SMILES string of the molecule is O=C([O-])CNCC(CC(=O)[O-])(CC(=O)[O-])NCC(=O)[O-].[Na+].[Na+].[Na+].[Na+]. The van der Waals surface area contributed by atoms with Gasteiger partial charge in [-0.25, -0.2) is 0 Å². The van der Waals surface area contributed by atoms with Gasteiger partial charge in [0.1, 0.15) is 0 Å². The molecule has 0 aliphatic heterocycles. The van der Waals surface area contributed by atoms with Crippen LogP contribution in [0.4, 0.5) is 0 Å². The molecular weight excluding hydrogens is 368 g/mol. The zero-order chi connectivity index (χ0) is 15.8. The number of carboxylic acid groups (broad SMARTS) is 4. The Bertz CT molecular complexity index is 394. The van der Waals surface area contributed by atoms with E-state index in [0.29, 0.717) is 0 Å². The molecule has 0 fully saturated rings. The Morgan fingerprint density at radius 3 is 1.33 bits per heavy atom. The molecule has 0 aliphatic carbocycles. The molecule has 14 heteroatoms. The van der Waals surface area contributed by atoms with E-state index in [-0.39, 0.29) is 118 Å². The quantitative estimate of drug-likeness (QED) is 0.326. The van der Waals surface area contributed by atoms with E-state index in [1.807, 2.05) is 0 Å². The van der Waals surface area contributed by atoms with E-state index in [2.05, 4.69) is 10.6 Å². The number of rotatable bonds is 11. The van der Waals surface area contributed by atoms with Crippen molar-refractivity contribution in [1.29, 1.82) is 0 Å². The van der Waals surface area contributed by atoms with Gasteiger partial charge >= 0.3 is 118 Å². The van der Waals surface area contributed by atoms with Crippen molar-refractivity contribution >= 4 is 23.9 Å². The van der Waals surface area contributed by atoms with Crippen LogP contribution in [-0.2, 0) is 19.2 Å². The smallest absolute Gasteiger partial charge is 0.550 e. The first kappa shape index (κ1) is 36.7. The van der Waals surface area contributed by atoms with Gasteiger partial charge in [-0.1, -0.05) is 0 Å². The van der Waals surface area contributed by atoms with Crippen molar-refractivity contribution in [3.8, 4) is 0 Å². The molecule has 0 saturated carbocycles. The third-order valence-electron chi connectivity index (χ3n) is 2.31. The minimum atomic E-state index is -1.78. The maximum absolute atomic E-state index is 10.7. The fourth-order valence-electron chi connectivity index (χ4n) is 1.59. The van der Waals surface area contributed by atoms with E-state index in [9.17, 15) is 39.6 Å². The van der Waals surface area contributed by atoms with Crippen LogP contribution in [0.2, 0.25) is 0 Å². The van der Waals surface area contributed by atoms with Crippen molar-refractivity contribution in [1.82, 2.24) is 10.6 Å². The molecule has 24 heavy (non-hydrogen) atoms. The maximum atomic E-state index is 10.7. The van der Waals surface area contributed by atoms with Gasteiger partial charge in [0.2, 0.25) is 0 Å². The van der Waals surface area contributed by atoms with E-state index < -0.39 is 61.9 Å².